The van der Waals surface area contributed by atoms with Crippen LogP contribution in [0.3, 0.4) is 0 Å². The Kier molecular flexibility index (Phi) is 2.92. The Balaban J connectivity index is 3.07. The fraction of sp³-hybridized carbons (Fsp3) is 0.250. The summed E-state index contributed by atoms with van der Waals surface area (Å²) >= 11 is 5.67. The second-order valence-corrected chi connectivity index (χ2v) is 2.93. The maximum atomic E-state index is 9.43. The molecule has 0 aliphatic carbocycles. The van der Waals surface area contributed by atoms with Crippen LogP contribution < -0.4 is 11.5 Å². The summed E-state index contributed by atoms with van der Waals surface area (Å²) in [5, 5.41) is 9.73. The normalized spacial score (nSPS) is 12.9. The van der Waals surface area contributed by atoms with Gasteiger partial charge in [-0.05, 0) is 6.07 Å². The van der Waals surface area contributed by atoms with Crippen molar-refractivity contribution in [2.75, 3.05) is 6.54 Å². The van der Waals surface area contributed by atoms with Gasteiger partial charge in [0, 0.05) is 18.2 Å². The Hall–Kier alpha value is -0.770. The summed E-state index contributed by atoms with van der Waals surface area (Å²) < 4.78 is 0. The first kappa shape index (κ1) is 9.32. The highest BCUT2D eigenvalue weighted by Gasteiger charge is 2.10. The third-order valence-corrected chi connectivity index (χ3v) is 1.98. The van der Waals surface area contributed by atoms with Crippen LogP contribution in [0.15, 0.2) is 18.2 Å². The van der Waals surface area contributed by atoms with Gasteiger partial charge in [-0.15, -0.1) is 0 Å². The summed E-state index contributed by atoms with van der Waals surface area (Å²) in [7, 11) is 0. The quantitative estimate of drug-likeness (QED) is 0.646. The maximum Gasteiger partial charge on any atom is 0.138 e. The zero-order valence-corrected chi connectivity index (χ0v) is 7.25. The van der Waals surface area contributed by atoms with E-state index in [4.69, 9.17) is 23.1 Å². The van der Waals surface area contributed by atoms with E-state index in [1.165, 1.54) is 0 Å². The molecule has 1 rings (SSSR count). The number of phenolic OH excluding ortho intramolecular Hbond substituents is 1. The number of benzene rings is 1. The molecule has 3 nitrogen and oxygen atoms in total. The number of phenols is 1. The maximum absolute atomic E-state index is 9.43. The van der Waals surface area contributed by atoms with Gasteiger partial charge in [-0.3, -0.25) is 0 Å². The van der Waals surface area contributed by atoms with Crippen LogP contribution in [0.1, 0.15) is 11.6 Å². The minimum absolute atomic E-state index is 0.0251. The Bertz CT molecular complexity index is 278. The smallest absolute Gasteiger partial charge is 0.138 e. The monoisotopic (exact) mass is 186 g/mol. The summed E-state index contributed by atoms with van der Waals surface area (Å²) in [4.78, 5) is 0. The molecule has 4 heteroatoms. The fourth-order valence-corrected chi connectivity index (χ4v) is 1.14. The third kappa shape index (κ3) is 1.69. The lowest BCUT2D eigenvalue weighted by molar-refractivity contribution is 0.462. The van der Waals surface area contributed by atoms with Gasteiger partial charge in [0.05, 0.1) is 5.02 Å². The molecule has 0 saturated carbocycles. The van der Waals surface area contributed by atoms with Crippen LogP contribution in [-0.2, 0) is 0 Å². The van der Waals surface area contributed by atoms with E-state index in [1.54, 1.807) is 18.2 Å². The molecule has 0 aliphatic rings. The number of halogens is 1. The first-order chi connectivity index (χ1) is 5.66. The van der Waals surface area contributed by atoms with E-state index >= 15 is 0 Å². The second kappa shape index (κ2) is 3.76. The highest BCUT2D eigenvalue weighted by atomic mass is 35.5. The van der Waals surface area contributed by atoms with Gasteiger partial charge in [0.1, 0.15) is 5.75 Å². The molecule has 1 aromatic carbocycles. The highest BCUT2D eigenvalue weighted by molar-refractivity contribution is 6.32. The van der Waals surface area contributed by atoms with Gasteiger partial charge in [0.15, 0.2) is 0 Å². The molecule has 0 unspecified atom stereocenters. The molecule has 0 amide bonds. The number of hydrogen-bond acceptors (Lipinski definition) is 3. The van der Waals surface area contributed by atoms with E-state index < -0.39 is 0 Å². The Morgan fingerprint density at radius 1 is 1.50 bits per heavy atom. The molecule has 0 heterocycles. The standard InChI is InChI=1S/C8H11ClN2O/c9-6-3-1-2-5(8(6)12)7(11)4-10/h1-3,7,12H,4,10-11H2/t7-/m1/s1. The van der Waals surface area contributed by atoms with Gasteiger partial charge < -0.3 is 16.6 Å². The van der Waals surface area contributed by atoms with Crippen molar-refractivity contribution in [1.82, 2.24) is 0 Å². The molecule has 0 fully saturated rings. The topological polar surface area (TPSA) is 72.3 Å². The predicted molar refractivity (Wildman–Crippen MR) is 49.1 cm³/mol. The second-order valence-electron chi connectivity index (χ2n) is 2.52. The molecule has 12 heavy (non-hydrogen) atoms. The molecule has 0 spiro atoms. The Morgan fingerprint density at radius 3 is 2.75 bits per heavy atom. The van der Waals surface area contributed by atoms with Gasteiger partial charge in [-0.25, -0.2) is 0 Å². The summed E-state index contributed by atoms with van der Waals surface area (Å²) in [5.41, 5.74) is 11.6. The van der Waals surface area contributed by atoms with Crippen molar-refractivity contribution >= 4 is 11.6 Å². The Morgan fingerprint density at radius 2 is 2.17 bits per heavy atom. The van der Waals surface area contributed by atoms with Gasteiger partial charge in [0.2, 0.25) is 0 Å². The van der Waals surface area contributed by atoms with Crippen LogP contribution in [0.5, 0.6) is 5.75 Å². The number of rotatable bonds is 2. The first-order valence-electron chi connectivity index (χ1n) is 3.60. The predicted octanol–water partition coefficient (Wildman–Crippen LogP) is 1.00. The van der Waals surface area contributed by atoms with E-state index in [9.17, 15) is 5.11 Å². The lowest BCUT2D eigenvalue weighted by atomic mass is 10.1. The van der Waals surface area contributed by atoms with Crippen LogP contribution in [0.2, 0.25) is 5.02 Å². The number of para-hydroxylation sites is 1. The molecule has 66 valence electrons. The summed E-state index contributed by atoms with van der Waals surface area (Å²) in [6.07, 6.45) is 0. The van der Waals surface area contributed by atoms with E-state index in [1.807, 2.05) is 0 Å². The number of nitrogens with two attached hydrogens (primary N) is 2. The zero-order valence-electron chi connectivity index (χ0n) is 6.50. The molecule has 0 saturated heterocycles. The van der Waals surface area contributed by atoms with Gasteiger partial charge >= 0.3 is 0 Å². The van der Waals surface area contributed by atoms with Crippen LogP contribution in [0.4, 0.5) is 0 Å². The van der Waals surface area contributed by atoms with Crippen molar-refractivity contribution in [3.8, 4) is 5.75 Å². The molecule has 5 N–H and O–H groups in total. The fourth-order valence-electron chi connectivity index (χ4n) is 0.958. The van der Waals surface area contributed by atoms with E-state index in [0.29, 0.717) is 10.6 Å². The molecule has 0 aromatic heterocycles. The van der Waals surface area contributed by atoms with Crippen molar-refractivity contribution in [2.24, 2.45) is 11.5 Å². The summed E-state index contributed by atoms with van der Waals surface area (Å²) in [6, 6.07) is 4.68. The van der Waals surface area contributed by atoms with Crippen molar-refractivity contribution in [2.45, 2.75) is 6.04 Å². The highest BCUT2D eigenvalue weighted by Crippen LogP contribution is 2.29. The SMILES string of the molecule is NC[C@@H](N)c1cccc(Cl)c1O. The van der Waals surface area contributed by atoms with Crippen molar-refractivity contribution < 1.29 is 5.11 Å². The summed E-state index contributed by atoms with van der Waals surface area (Å²) in [5.74, 6) is 0.0251. The molecular formula is C8H11ClN2O. The first-order valence-corrected chi connectivity index (χ1v) is 3.97. The minimum Gasteiger partial charge on any atom is -0.506 e. The van der Waals surface area contributed by atoms with E-state index in [0.717, 1.165) is 0 Å². The third-order valence-electron chi connectivity index (χ3n) is 1.67. The molecular weight excluding hydrogens is 176 g/mol. The molecule has 1 atom stereocenters. The Labute approximate surface area is 75.9 Å². The molecule has 0 bridgehead atoms. The summed E-state index contributed by atoms with van der Waals surface area (Å²) in [6.45, 7) is 0.286. The van der Waals surface area contributed by atoms with Crippen LogP contribution in [-0.4, -0.2) is 11.7 Å². The van der Waals surface area contributed by atoms with Gasteiger partial charge in [0.25, 0.3) is 0 Å². The minimum atomic E-state index is -0.358. The largest absolute Gasteiger partial charge is 0.506 e. The van der Waals surface area contributed by atoms with Gasteiger partial charge in [-0.1, -0.05) is 23.7 Å². The zero-order chi connectivity index (χ0) is 9.14. The lowest BCUT2D eigenvalue weighted by Gasteiger charge is -2.11. The van der Waals surface area contributed by atoms with Gasteiger partial charge in [-0.2, -0.15) is 0 Å². The molecule has 0 aliphatic heterocycles. The van der Waals surface area contributed by atoms with Crippen molar-refractivity contribution in [3.05, 3.63) is 28.8 Å². The average Bonchev–Trinajstić information content (AvgIpc) is 2.08. The van der Waals surface area contributed by atoms with Crippen LogP contribution in [0.25, 0.3) is 0 Å². The number of aromatic hydroxyl groups is 1. The molecule has 0 radical (unpaired) electrons. The number of hydrogen-bond donors (Lipinski definition) is 3. The lowest BCUT2D eigenvalue weighted by Crippen LogP contribution is -2.20. The van der Waals surface area contributed by atoms with E-state index in [-0.39, 0.29) is 18.3 Å². The van der Waals surface area contributed by atoms with E-state index in [2.05, 4.69) is 0 Å². The average molecular weight is 187 g/mol. The van der Waals surface area contributed by atoms with Crippen LogP contribution in [0, 0.1) is 0 Å². The van der Waals surface area contributed by atoms with Crippen LogP contribution >= 0.6 is 11.6 Å². The van der Waals surface area contributed by atoms with Crippen molar-refractivity contribution in [1.29, 1.82) is 0 Å². The van der Waals surface area contributed by atoms with Crippen molar-refractivity contribution in [3.63, 3.8) is 0 Å². The molecule has 1 aromatic rings.